The van der Waals surface area contributed by atoms with E-state index in [9.17, 15) is 0 Å². The van der Waals surface area contributed by atoms with E-state index in [4.69, 9.17) is 19.3 Å². The van der Waals surface area contributed by atoms with Crippen LogP contribution in [-0.4, -0.2) is 31.6 Å². The number of hydrogen-bond donors (Lipinski definition) is 1. The quantitative estimate of drug-likeness (QED) is 0.562. The molecule has 9 heavy (non-hydrogen) atoms. The number of rotatable bonds is 2. The van der Waals surface area contributed by atoms with Gasteiger partial charge in [0, 0.05) is 13.0 Å². The number of hydrogen-bond acceptors (Lipinski definition) is 4. The highest BCUT2D eigenvalue weighted by atomic mass is 16.8. The van der Waals surface area contributed by atoms with Gasteiger partial charge in [-0.1, -0.05) is 0 Å². The third-order valence-corrected chi connectivity index (χ3v) is 1.04. The van der Waals surface area contributed by atoms with Crippen molar-refractivity contribution in [2.24, 2.45) is 0 Å². The molecule has 0 amide bonds. The van der Waals surface area contributed by atoms with Gasteiger partial charge >= 0.3 is 0 Å². The van der Waals surface area contributed by atoms with Gasteiger partial charge in [-0.3, -0.25) is 0 Å². The van der Waals surface area contributed by atoms with E-state index >= 15 is 0 Å². The minimum atomic E-state index is -0.274. The molecule has 1 saturated heterocycles. The highest BCUT2D eigenvalue weighted by Crippen LogP contribution is 2.04. The van der Waals surface area contributed by atoms with Crippen molar-refractivity contribution < 1.29 is 19.3 Å². The minimum Gasteiger partial charge on any atom is -0.396 e. The standard InChI is InChI=1S/C5H10O4/c6-2-1-5-8-3-7-4-9-5/h5-6H,1-4H2. The van der Waals surface area contributed by atoms with Crippen LogP contribution in [0.4, 0.5) is 0 Å². The second kappa shape index (κ2) is 3.79. The van der Waals surface area contributed by atoms with Crippen LogP contribution in [0.2, 0.25) is 0 Å². The van der Waals surface area contributed by atoms with E-state index in [1.54, 1.807) is 0 Å². The van der Waals surface area contributed by atoms with Gasteiger partial charge in [0.1, 0.15) is 0 Å². The highest BCUT2D eigenvalue weighted by Gasteiger charge is 2.12. The fraction of sp³-hybridized carbons (Fsp3) is 1.00. The largest absolute Gasteiger partial charge is 0.396 e. The third-order valence-electron chi connectivity index (χ3n) is 1.04. The molecule has 0 saturated carbocycles. The lowest BCUT2D eigenvalue weighted by atomic mass is 10.4. The summed E-state index contributed by atoms with van der Waals surface area (Å²) in [6.07, 6.45) is 0.243. The van der Waals surface area contributed by atoms with Crippen LogP contribution in [0.3, 0.4) is 0 Å². The predicted octanol–water partition coefficient (Wildman–Crippen LogP) is -0.327. The lowest BCUT2D eigenvalue weighted by molar-refractivity contribution is -0.301. The SMILES string of the molecule is OCCC1OCOCO1. The smallest absolute Gasteiger partial charge is 0.165 e. The summed E-state index contributed by atoms with van der Waals surface area (Å²) in [6.45, 7) is 0.625. The molecule has 1 rings (SSSR count). The fourth-order valence-corrected chi connectivity index (χ4v) is 0.602. The molecule has 0 aliphatic carbocycles. The summed E-state index contributed by atoms with van der Waals surface area (Å²) >= 11 is 0. The molecule has 1 fully saturated rings. The summed E-state index contributed by atoms with van der Waals surface area (Å²) in [5.74, 6) is 0. The van der Waals surface area contributed by atoms with Crippen LogP contribution in [-0.2, 0) is 14.2 Å². The first-order valence-electron chi connectivity index (χ1n) is 2.85. The zero-order valence-electron chi connectivity index (χ0n) is 5.08. The van der Waals surface area contributed by atoms with Crippen molar-refractivity contribution >= 4 is 0 Å². The van der Waals surface area contributed by atoms with E-state index in [1.807, 2.05) is 0 Å². The van der Waals surface area contributed by atoms with E-state index in [0.717, 1.165) is 0 Å². The van der Waals surface area contributed by atoms with Crippen molar-refractivity contribution in [1.29, 1.82) is 0 Å². The summed E-state index contributed by atoms with van der Waals surface area (Å²) in [5, 5.41) is 8.42. The van der Waals surface area contributed by atoms with Gasteiger partial charge in [0.15, 0.2) is 19.9 Å². The average Bonchev–Trinajstić information content (AvgIpc) is 1.91. The van der Waals surface area contributed by atoms with Gasteiger partial charge in [-0.25, -0.2) is 0 Å². The molecule has 0 atom stereocenters. The van der Waals surface area contributed by atoms with Crippen LogP contribution in [0.15, 0.2) is 0 Å². The Kier molecular flexibility index (Phi) is 2.93. The maximum atomic E-state index is 8.42. The Balaban J connectivity index is 2.08. The Bertz CT molecular complexity index is 66.6. The first-order valence-corrected chi connectivity index (χ1v) is 2.85. The Labute approximate surface area is 53.3 Å². The lowest BCUT2D eigenvalue weighted by Gasteiger charge is -2.21. The van der Waals surface area contributed by atoms with Crippen LogP contribution in [0.1, 0.15) is 6.42 Å². The van der Waals surface area contributed by atoms with Crippen LogP contribution in [0.25, 0.3) is 0 Å². The molecule has 54 valence electrons. The van der Waals surface area contributed by atoms with Crippen LogP contribution >= 0.6 is 0 Å². The van der Waals surface area contributed by atoms with Crippen molar-refractivity contribution in [2.45, 2.75) is 12.7 Å². The molecule has 1 heterocycles. The second-order valence-electron chi connectivity index (χ2n) is 1.72. The molecule has 1 aliphatic heterocycles. The van der Waals surface area contributed by atoms with Gasteiger partial charge < -0.3 is 19.3 Å². The number of aliphatic hydroxyl groups is 1. The van der Waals surface area contributed by atoms with Gasteiger partial charge in [-0.15, -0.1) is 0 Å². The zero-order valence-corrected chi connectivity index (χ0v) is 5.08. The first kappa shape index (κ1) is 6.95. The zero-order chi connectivity index (χ0) is 6.53. The van der Waals surface area contributed by atoms with Gasteiger partial charge in [0.05, 0.1) is 0 Å². The lowest BCUT2D eigenvalue weighted by Crippen LogP contribution is -2.27. The molecule has 1 aliphatic rings. The van der Waals surface area contributed by atoms with E-state index in [1.165, 1.54) is 0 Å². The Morgan fingerprint density at radius 1 is 1.33 bits per heavy atom. The molecule has 0 aromatic carbocycles. The van der Waals surface area contributed by atoms with Crippen molar-refractivity contribution in [1.82, 2.24) is 0 Å². The van der Waals surface area contributed by atoms with E-state index in [-0.39, 0.29) is 26.5 Å². The van der Waals surface area contributed by atoms with Crippen molar-refractivity contribution in [3.05, 3.63) is 0 Å². The summed E-state index contributed by atoms with van der Waals surface area (Å²) in [5.41, 5.74) is 0. The molecule has 1 N–H and O–H groups in total. The van der Waals surface area contributed by atoms with Gasteiger partial charge in [-0.05, 0) is 0 Å². The normalized spacial score (nSPS) is 22.3. The van der Waals surface area contributed by atoms with Crippen molar-refractivity contribution in [3.8, 4) is 0 Å². The van der Waals surface area contributed by atoms with Crippen molar-refractivity contribution in [3.63, 3.8) is 0 Å². The second-order valence-corrected chi connectivity index (χ2v) is 1.72. The van der Waals surface area contributed by atoms with Gasteiger partial charge in [0.25, 0.3) is 0 Å². The summed E-state index contributed by atoms with van der Waals surface area (Å²) in [6, 6.07) is 0. The highest BCUT2D eigenvalue weighted by molar-refractivity contribution is 4.42. The fourth-order valence-electron chi connectivity index (χ4n) is 0.602. The molecular weight excluding hydrogens is 124 g/mol. The summed E-state index contributed by atoms with van der Waals surface area (Å²) in [4.78, 5) is 0. The molecule has 4 nitrogen and oxygen atoms in total. The molecular formula is C5H10O4. The number of aliphatic hydroxyl groups excluding tert-OH is 1. The average molecular weight is 134 g/mol. The van der Waals surface area contributed by atoms with Gasteiger partial charge in [0.2, 0.25) is 0 Å². The molecule has 0 bridgehead atoms. The minimum absolute atomic E-state index is 0.0880. The Morgan fingerprint density at radius 3 is 2.56 bits per heavy atom. The summed E-state index contributed by atoms with van der Waals surface area (Å²) < 4.78 is 14.5. The predicted molar refractivity (Wildman–Crippen MR) is 28.5 cm³/mol. The third kappa shape index (κ3) is 2.28. The Hall–Kier alpha value is -0.160. The van der Waals surface area contributed by atoms with Crippen molar-refractivity contribution in [2.75, 3.05) is 20.2 Å². The topological polar surface area (TPSA) is 47.9 Å². The molecule has 0 unspecified atom stereocenters. The monoisotopic (exact) mass is 134 g/mol. The Morgan fingerprint density at radius 2 is 2.00 bits per heavy atom. The molecule has 0 aromatic rings. The van der Waals surface area contributed by atoms with Crippen LogP contribution in [0, 0.1) is 0 Å². The first-order chi connectivity index (χ1) is 4.43. The molecule has 4 heteroatoms. The van der Waals surface area contributed by atoms with Gasteiger partial charge in [-0.2, -0.15) is 0 Å². The number of ether oxygens (including phenoxy) is 3. The van der Waals surface area contributed by atoms with E-state index in [2.05, 4.69) is 0 Å². The summed E-state index contributed by atoms with van der Waals surface area (Å²) in [7, 11) is 0. The van der Waals surface area contributed by atoms with E-state index in [0.29, 0.717) is 6.42 Å². The van der Waals surface area contributed by atoms with Crippen LogP contribution in [0.5, 0.6) is 0 Å². The maximum Gasteiger partial charge on any atom is 0.165 e. The van der Waals surface area contributed by atoms with Crippen LogP contribution < -0.4 is 0 Å². The van der Waals surface area contributed by atoms with E-state index < -0.39 is 0 Å². The molecule has 0 spiro atoms. The molecule has 0 radical (unpaired) electrons. The maximum absolute atomic E-state index is 8.42. The molecule has 0 aromatic heterocycles.